The predicted octanol–water partition coefficient (Wildman–Crippen LogP) is 2.72. The molecule has 10 nitrogen and oxygen atoms in total. The fourth-order valence-electron chi connectivity index (χ4n) is 3.50. The van der Waals surface area contributed by atoms with Crippen molar-refractivity contribution in [3.8, 4) is 0 Å². The summed E-state index contributed by atoms with van der Waals surface area (Å²) in [6, 6.07) is 1.15. The van der Waals surface area contributed by atoms with E-state index in [1.54, 1.807) is 6.07 Å². The molecule has 3 aromatic heterocycles. The molecule has 3 heterocycles. The van der Waals surface area contributed by atoms with E-state index in [4.69, 9.17) is 0 Å². The van der Waals surface area contributed by atoms with Crippen LogP contribution in [0.4, 0.5) is 26.3 Å². The number of fused-ring (bicyclic) bond motifs is 1. The summed E-state index contributed by atoms with van der Waals surface area (Å²) < 4.78 is 75.9. The van der Waals surface area contributed by atoms with Gasteiger partial charge >= 0.3 is 12.4 Å². The first-order valence-electron chi connectivity index (χ1n) is 10.8. The number of aromatic nitrogens is 6. The second-order valence-corrected chi connectivity index (χ2v) is 8.38. The van der Waals surface area contributed by atoms with Gasteiger partial charge in [-0.05, 0) is 30.4 Å². The number of carbonyl (C=O) groups excluding carboxylic acids is 2. The Labute approximate surface area is 199 Å². The fourth-order valence-corrected chi connectivity index (χ4v) is 3.50. The monoisotopic (exact) mass is 518 g/mol. The SMILES string of the molecule is O=C(CCC(F)(F)F)NC(c1cnn2cc(CNC(=O)c3cnn(CC(F)(F)F)n3)nc2c1)C1CC1. The molecule has 2 N–H and O–H groups in total. The van der Waals surface area contributed by atoms with Crippen molar-refractivity contribution in [2.45, 2.75) is 57.2 Å². The topological polar surface area (TPSA) is 119 Å². The molecule has 1 fully saturated rings. The number of nitrogens with one attached hydrogen (secondary N) is 2. The van der Waals surface area contributed by atoms with E-state index in [1.807, 2.05) is 0 Å². The highest BCUT2D eigenvalue weighted by Gasteiger charge is 2.35. The van der Waals surface area contributed by atoms with E-state index < -0.39 is 49.6 Å². The molecular weight excluding hydrogens is 498 g/mol. The maximum Gasteiger partial charge on any atom is 0.409 e. The van der Waals surface area contributed by atoms with Crippen LogP contribution in [-0.2, 0) is 17.9 Å². The molecular formula is C20H20F6N8O2. The predicted molar refractivity (Wildman–Crippen MR) is 109 cm³/mol. The van der Waals surface area contributed by atoms with Crippen LogP contribution in [0.1, 0.15) is 53.5 Å². The van der Waals surface area contributed by atoms with Crippen LogP contribution in [0.25, 0.3) is 5.65 Å². The van der Waals surface area contributed by atoms with Gasteiger partial charge in [0.15, 0.2) is 17.9 Å². The Kier molecular flexibility index (Phi) is 6.86. The van der Waals surface area contributed by atoms with Crippen LogP contribution in [0.5, 0.6) is 0 Å². The van der Waals surface area contributed by atoms with Gasteiger partial charge in [0.2, 0.25) is 5.91 Å². The first kappa shape index (κ1) is 25.4. The highest BCUT2D eigenvalue weighted by molar-refractivity contribution is 5.91. The van der Waals surface area contributed by atoms with Gasteiger partial charge in [0.05, 0.1) is 43.3 Å². The minimum Gasteiger partial charge on any atom is -0.349 e. The number of hydrogen-bond donors (Lipinski definition) is 2. The van der Waals surface area contributed by atoms with Crippen molar-refractivity contribution < 1.29 is 35.9 Å². The van der Waals surface area contributed by atoms with Gasteiger partial charge in [-0.1, -0.05) is 0 Å². The van der Waals surface area contributed by atoms with Gasteiger partial charge in [0.1, 0.15) is 0 Å². The molecule has 4 rings (SSSR count). The molecule has 194 valence electrons. The molecule has 0 bridgehead atoms. The summed E-state index contributed by atoms with van der Waals surface area (Å²) in [5.41, 5.74) is 1.06. The zero-order chi connectivity index (χ0) is 26.1. The Morgan fingerprint density at radius 2 is 1.83 bits per heavy atom. The first-order chi connectivity index (χ1) is 16.9. The fraction of sp³-hybridized carbons (Fsp3) is 0.500. The number of imidazole rings is 1. The van der Waals surface area contributed by atoms with Crippen LogP contribution in [0.3, 0.4) is 0 Å². The third-order valence-corrected chi connectivity index (χ3v) is 5.32. The molecule has 1 unspecified atom stereocenters. The van der Waals surface area contributed by atoms with Crippen molar-refractivity contribution >= 4 is 17.5 Å². The Bertz CT molecular complexity index is 1250. The quantitative estimate of drug-likeness (QED) is 0.421. The van der Waals surface area contributed by atoms with Crippen LogP contribution in [0.15, 0.2) is 24.7 Å². The second kappa shape index (κ2) is 9.73. The summed E-state index contributed by atoms with van der Waals surface area (Å²) in [7, 11) is 0. The second-order valence-electron chi connectivity index (χ2n) is 8.38. The molecule has 1 atom stereocenters. The lowest BCUT2D eigenvalue weighted by Crippen LogP contribution is -2.30. The normalized spacial score (nSPS) is 15.2. The summed E-state index contributed by atoms with van der Waals surface area (Å²) in [4.78, 5) is 28.9. The van der Waals surface area contributed by atoms with Gasteiger partial charge in [-0.15, -0.1) is 5.10 Å². The molecule has 0 radical (unpaired) electrons. The zero-order valence-corrected chi connectivity index (χ0v) is 18.5. The van der Waals surface area contributed by atoms with Crippen molar-refractivity contribution in [3.63, 3.8) is 0 Å². The van der Waals surface area contributed by atoms with Crippen LogP contribution < -0.4 is 10.6 Å². The van der Waals surface area contributed by atoms with E-state index in [-0.39, 0.29) is 18.2 Å². The maximum absolute atomic E-state index is 12.4. The van der Waals surface area contributed by atoms with Gasteiger partial charge in [-0.2, -0.15) is 41.3 Å². The molecule has 0 aliphatic heterocycles. The van der Waals surface area contributed by atoms with Crippen LogP contribution >= 0.6 is 0 Å². The van der Waals surface area contributed by atoms with Crippen LogP contribution in [0.2, 0.25) is 0 Å². The number of halogens is 6. The lowest BCUT2D eigenvalue weighted by molar-refractivity contribution is -0.145. The largest absolute Gasteiger partial charge is 0.409 e. The van der Waals surface area contributed by atoms with E-state index in [0.29, 0.717) is 21.7 Å². The summed E-state index contributed by atoms with van der Waals surface area (Å²) in [6.07, 6.45) is -5.27. The van der Waals surface area contributed by atoms with Crippen LogP contribution in [-0.4, -0.2) is 53.8 Å². The molecule has 3 aromatic rings. The van der Waals surface area contributed by atoms with Gasteiger partial charge in [-0.3, -0.25) is 9.59 Å². The third-order valence-electron chi connectivity index (χ3n) is 5.32. The highest BCUT2D eigenvalue weighted by Crippen LogP contribution is 2.41. The van der Waals surface area contributed by atoms with E-state index >= 15 is 0 Å². The molecule has 36 heavy (non-hydrogen) atoms. The Hall–Kier alpha value is -3.72. The minimum atomic E-state index is -4.53. The van der Waals surface area contributed by atoms with E-state index in [9.17, 15) is 35.9 Å². The molecule has 1 saturated carbocycles. The van der Waals surface area contributed by atoms with Crippen molar-refractivity contribution in [1.29, 1.82) is 0 Å². The lowest BCUT2D eigenvalue weighted by atomic mass is 10.0. The summed E-state index contributed by atoms with van der Waals surface area (Å²) >= 11 is 0. The maximum atomic E-state index is 12.4. The number of amides is 2. The number of hydrogen-bond acceptors (Lipinski definition) is 6. The van der Waals surface area contributed by atoms with Crippen molar-refractivity contribution in [3.05, 3.63) is 41.6 Å². The van der Waals surface area contributed by atoms with Crippen LogP contribution in [0, 0.1) is 5.92 Å². The molecule has 0 saturated heterocycles. The molecule has 0 spiro atoms. The van der Waals surface area contributed by atoms with Gasteiger partial charge in [0.25, 0.3) is 5.91 Å². The highest BCUT2D eigenvalue weighted by atomic mass is 19.4. The molecule has 16 heteroatoms. The van der Waals surface area contributed by atoms with Gasteiger partial charge < -0.3 is 10.6 Å². The van der Waals surface area contributed by atoms with E-state index in [0.717, 1.165) is 19.0 Å². The van der Waals surface area contributed by atoms with Gasteiger partial charge in [-0.25, -0.2) is 9.50 Å². The zero-order valence-electron chi connectivity index (χ0n) is 18.5. The Morgan fingerprint density at radius 1 is 1.08 bits per heavy atom. The van der Waals surface area contributed by atoms with E-state index in [2.05, 4.69) is 30.9 Å². The smallest absolute Gasteiger partial charge is 0.349 e. The third kappa shape index (κ3) is 6.91. The average molecular weight is 518 g/mol. The molecule has 1 aliphatic carbocycles. The molecule has 2 amide bonds. The summed E-state index contributed by atoms with van der Waals surface area (Å²) in [6.45, 7) is -1.50. The number of carbonyl (C=O) groups is 2. The van der Waals surface area contributed by atoms with Crippen molar-refractivity contribution in [2.24, 2.45) is 5.92 Å². The standard InChI is InChI=1S/C20H20F6N8O2/c21-19(22,23)4-3-16(35)31-17(11-1-2-11)12-5-15-30-13(9-33(15)28-6-12)7-27-18(36)14-8-29-34(32-14)10-20(24,25)26/h5-6,8-9,11,17H,1-4,7,10H2,(H,27,36)(H,31,35). The Morgan fingerprint density at radius 3 is 2.50 bits per heavy atom. The number of nitrogens with zero attached hydrogens (tertiary/aromatic N) is 6. The van der Waals surface area contributed by atoms with E-state index in [1.165, 1.54) is 16.9 Å². The minimum absolute atomic E-state index is 0.0795. The number of alkyl halides is 6. The van der Waals surface area contributed by atoms with Gasteiger partial charge in [0, 0.05) is 6.42 Å². The average Bonchev–Trinajstić information content (AvgIpc) is 3.37. The summed E-state index contributed by atoms with van der Waals surface area (Å²) in [5.74, 6) is -1.36. The number of rotatable bonds is 9. The van der Waals surface area contributed by atoms with Crippen molar-refractivity contribution in [1.82, 2.24) is 40.2 Å². The molecule has 1 aliphatic rings. The molecule has 0 aromatic carbocycles. The first-order valence-corrected chi connectivity index (χ1v) is 10.8. The van der Waals surface area contributed by atoms with Crippen molar-refractivity contribution in [2.75, 3.05) is 0 Å². The Balaban J connectivity index is 1.39. The lowest BCUT2D eigenvalue weighted by Gasteiger charge is -2.19. The summed E-state index contributed by atoms with van der Waals surface area (Å²) in [5, 5.41) is 16.3.